The Morgan fingerprint density at radius 2 is 0.758 bits per heavy atom. The van der Waals surface area contributed by atoms with Crippen LogP contribution < -0.4 is 0 Å². The minimum absolute atomic E-state index is 0.402. The second-order valence-electron chi connectivity index (χ2n) is 14.8. The van der Waals surface area contributed by atoms with Gasteiger partial charge in [-0.1, -0.05) is 72.8 Å². The highest BCUT2D eigenvalue weighted by molar-refractivity contribution is 6.13. The number of benzene rings is 8. The quantitative estimate of drug-likeness (QED) is 0.169. The lowest BCUT2D eigenvalue weighted by Crippen LogP contribution is -2.05. The highest BCUT2D eigenvalue weighted by Gasteiger charge is 2.24. The van der Waals surface area contributed by atoms with Crippen LogP contribution in [0.1, 0.15) is 33.4 Å². The van der Waals surface area contributed by atoms with Gasteiger partial charge in [0, 0.05) is 27.1 Å². The number of aromatic nitrogens is 2. The van der Waals surface area contributed by atoms with Crippen molar-refractivity contribution in [2.24, 2.45) is 0 Å². The van der Waals surface area contributed by atoms with E-state index in [1.807, 2.05) is 103 Å². The van der Waals surface area contributed by atoms with Crippen LogP contribution in [0.15, 0.2) is 158 Å². The largest absolute Gasteiger partial charge is 0.308 e. The van der Waals surface area contributed by atoms with Crippen molar-refractivity contribution < 1.29 is 0 Å². The molecule has 0 N–H and O–H groups in total. The van der Waals surface area contributed by atoms with Crippen LogP contribution >= 0.6 is 0 Å². The fourth-order valence-electron chi connectivity index (χ4n) is 8.79. The van der Waals surface area contributed by atoms with Crippen LogP contribution in [0.4, 0.5) is 0 Å². The van der Waals surface area contributed by atoms with Gasteiger partial charge in [0.1, 0.15) is 0 Å². The number of para-hydroxylation sites is 2. The van der Waals surface area contributed by atoms with Crippen LogP contribution in [-0.2, 0) is 0 Å². The van der Waals surface area contributed by atoms with Crippen LogP contribution in [0, 0.1) is 68.0 Å². The zero-order valence-corrected chi connectivity index (χ0v) is 32.6. The molecule has 0 amide bonds. The van der Waals surface area contributed by atoms with Crippen molar-refractivity contribution in [3.8, 4) is 81.2 Å². The van der Waals surface area contributed by atoms with Crippen molar-refractivity contribution in [2.45, 2.75) is 0 Å². The Morgan fingerprint density at radius 1 is 0.306 bits per heavy atom. The van der Waals surface area contributed by atoms with Crippen molar-refractivity contribution in [1.82, 2.24) is 9.13 Å². The van der Waals surface area contributed by atoms with E-state index >= 15 is 0 Å². The molecule has 0 fully saturated rings. The molecule has 0 unspecified atom stereocenters. The summed E-state index contributed by atoms with van der Waals surface area (Å²) in [5.74, 6) is 0. The first-order chi connectivity index (χ1) is 30.5. The van der Waals surface area contributed by atoms with Gasteiger partial charge in [-0.25, -0.2) is 0 Å². The third-order valence-corrected chi connectivity index (χ3v) is 11.5. The summed E-state index contributed by atoms with van der Waals surface area (Å²) in [5.41, 5.74) is 12.1. The fraction of sp³-hybridized carbons (Fsp3) is 0. The number of hydrogen-bond acceptors (Lipinski definition) is 6. The minimum atomic E-state index is 0.402. The molecule has 0 saturated carbocycles. The Balaban J connectivity index is 1.30. The third kappa shape index (κ3) is 5.71. The molecule has 8 heteroatoms. The molecule has 8 nitrogen and oxygen atoms in total. The van der Waals surface area contributed by atoms with Crippen molar-refractivity contribution in [2.75, 3.05) is 0 Å². The monoisotopic (exact) mass is 786 g/mol. The van der Waals surface area contributed by atoms with E-state index in [9.17, 15) is 31.6 Å². The number of fused-ring (bicyclic) bond motifs is 6. The molecule has 0 bridgehead atoms. The zero-order valence-electron chi connectivity index (χ0n) is 32.6. The first-order valence-corrected chi connectivity index (χ1v) is 19.5. The van der Waals surface area contributed by atoms with Crippen molar-refractivity contribution in [3.05, 3.63) is 191 Å². The van der Waals surface area contributed by atoms with E-state index in [1.54, 1.807) is 30.3 Å². The molecule has 8 aromatic carbocycles. The fourth-order valence-corrected chi connectivity index (χ4v) is 8.79. The van der Waals surface area contributed by atoms with Gasteiger partial charge in [-0.2, -0.15) is 31.6 Å². The summed E-state index contributed by atoms with van der Waals surface area (Å²) in [6.07, 6.45) is 0. The molecule has 10 aromatic rings. The summed E-state index contributed by atoms with van der Waals surface area (Å²) in [4.78, 5) is 0. The van der Waals surface area contributed by atoms with Crippen LogP contribution in [0.3, 0.4) is 0 Å². The maximum Gasteiger partial charge on any atom is 0.0998 e. The molecule has 62 heavy (non-hydrogen) atoms. The van der Waals surface area contributed by atoms with E-state index < -0.39 is 0 Å². The van der Waals surface area contributed by atoms with Crippen LogP contribution in [0.2, 0.25) is 0 Å². The average molecular weight is 787 g/mol. The summed E-state index contributed by atoms with van der Waals surface area (Å²) in [5, 5.41) is 63.9. The van der Waals surface area contributed by atoms with Crippen LogP contribution in [-0.4, -0.2) is 9.13 Å². The smallest absolute Gasteiger partial charge is 0.0998 e. The van der Waals surface area contributed by atoms with E-state index in [-0.39, 0.29) is 0 Å². The summed E-state index contributed by atoms with van der Waals surface area (Å²) in [6, 6.07) is 63.3. The highest BCUT2D eigenvalue weighted by atomic mass is 15.0. The Labute approximate surface area is 355 Å². The first kappa shape index (κ1) is 36.6. The Hall–Kier alpha value is -9.70. The topological polar surface area (TPSA) is 153 Å². The summed E-state index contributed by atoms with van der Waals surface area (Å²) in [7, 11) is 0. The molecule has 0 radical (unpaired) electrons. The van der Waals surface area contributed by atoms with Crippen LogP contribution in [0.25, 0.3) is 88.4 Å². The Kier molecular flexibility index (Phi) is 8.62. The highest BCUT2D eigenvalue weighted by Crippen LogP contribution is 2.44. The predicted molar refractivity (Wildman–Crippen MR) is 240 cm³/mol. The van der Waals surface area contributed by atoms with E-state index in [1.165, 1.54) is 0 Å². The summed E-state index contributed by atoms with van der Waals surface area (Å²) < 4.78 is 4.33. The van der Waals surface area contributed by atoms with E-state index in [0.29, 0.717) is 44.5 Å². The number of rotatable bonds is 5. The normalized spacial score (nSPS) is 10.8. The minimum Gasteiger partial charge on any atom is -0.308 e. The molecular formula is C54H26N8. The molecular weight excluding hydrogens is 761 g/mol. The third-order valence-electron chi connectivity index (χ3n) is 11.5. The first-order valence-electron chi connectivity index (χ1n) is 19.5. The lowest BCUT2D eigenvalue weighted by atomic mass is 9.96. The van der Waals surface area contributed by atoms with Gasteiger partial charge < -0.3 is 9.13 Å². The number of nitrogens with zero attached hydrogens (tertiary/aromatic N) is 8. The van der Waals surface area contributed by atoms with Crippen molar-refractivity contribution >= 4 is 43.6 Å². The molecule has 0 saturated heterocycles. The second kappa shape index (κ2) is 14.6. The zero-order chi connectivity index (χ0) is 42.5. The summed E-state index contributed by atoms with van der Waals surface area (Å²) in [6.45, 7) is 0. The molecule has 0 aliphatic carbocycles. The Bertz CT molecular complexity index is 3620. The van der Waals surface area contributed by atoms with Gasteiger partial charge >= 0.3 is 0 Å². The van der Waals surface area contributed by atoms with E-state index in [4.69, 9.17) is 0 Å². The lowest BCUT2D eigenvalue weighted by Gasteiger charge is -2.21. The SMILES string of the molecule is N#Cc1cccc(-c2c(-n3c4ccccc4c4cc(-c5ccc(C#N)cc5C#N)ccc43)cc(C#N)cc2-n2c3ccccc3c3cc(-c4ccc(C#N)cc4C#N)ccc32)c1. The lowest BCUT2D eigenvalue weighted by molar-refractivity contribution is 1.13. The molecule has 0 spiro atoms. The van der Waals surface area contributed by atoms with E-state index in [2.05, 4.69) is 69.8 Å². The predicted octanol–water partition coefficient (Wildman–Crippen LogP) is 12.1. The van der Waals surface area contributed by atoms with Crippen molar-refractivity contribution in [1.29, 1.82) is 31.6 Å². The van der Waals surface area contributed by atoms with Gasteiger partial charge in [0.05, 0.1) is 103 Å². The van der Waals surface area contributed by atoms with Gasteiger partial charge in [0.2, 0.25) is 0 Å². The van der Waals surface area contributed by atoms with Crippen molar-refractivity contribution in [3.63, 3.8) is 0 Å². The molecule has 2 aromatic heterocycles. The second-order valence-corrected chi connectivity index (χ2v) is 14.8. The van der Waals surface area contributed by atoms with Crippen LogP contribution in [0.5, 0.6) is 0 Å². The Morgan fingerprint density at radius 3 is 1.23 bits per heavy atom. The van der Waals surface area contributed by atoms with Gasteiger partial charge in [-0.05, 0) is 113 Å². The number of hydrogen-bond donors (Lipinski definition) is 0. The number of nitriles is 6. The maximum atomic E-state index is 10.8. The molecule has 0 atom stereocenters. The molecule has 0 aliphatic rings. The van der Waals surface area contributed by atoms with Gasteiger partial charge in [-0.15, -0.1) is 0 Å². The van der Waals surface area contributed by atoms with Gasteiger partial charge in [-0.3, -0.25) is 0 Å². The summed E-state index contributed by atoms with van der Waals surface area (Å²) >= 11 is 0. The molecule has 10 rings (SSSR count). The average Bonchev–Trinajstić information content (AvgIpc) is 3.85. The molecule has 2 heterocycles. The van der Waals surface area contributed by atoms with Gasteiger partial charge in [0.25, 0.3) is 0 Å². The van der Waals surface area contributed by atoms with Gasteiger partial charge in [0.15, 0.2) is 0 Å². The molecule has 282 valence electrons. The van der Waals surface area contributed by atoms with E-state index in [0.717, 1.165) is 77.2 Å². The molecule has 0 aliphatic heterocycles. The standard InChI is InChI=1S/C54H26N8/c55-27-33-6-5-7-39(20-33)54-52(61-48-10-3-1-8-44(48)46-25-37(14-18-50(46)61)42-16-12-34(28-56)21-40(42)31-59)23-36(30-58)24-53(54)62-49-11-4-2-9-45(49)47-26-38(15-19-51(47)62)43-17-13-35(29-57)22-41(43)32-60/h1-26H. The maximum absolute atomic E-state index is 10.8.